The molecule has 8 heteroatoms. The number of piperidine rings is 1. The SMILES string of the molecule is CN(C[C@]1(O)CCCN(c2cnccn2)C1)C(=O)c1cccc(Cn2ccnc2)c1. The van der Waals surface area contributed by atoms with Gasteiger partial charge in [0, 0.05) is 57.0 Å². The van der Waals surface area contributed by atoms with Crippen molar-refractivity contribution in [1.82, 2.24) is 24.4 Å². The maximum atomic E-state index is 13.0. The van der Waals surface area contributed by atoms with Crippen LogP contribution in [0.15, 0.2) is 61.6 Å². The standard InChI is InChI=1S/C22H26N6O2/c1-26(15-22(30)6-3-10-28(16-22)20-13-23-7-8-25-20)21(29)19-5-2-4-18(12-19)14-27-11-9-24-17-27/h2,4-5,7-9,11-13,17,30H,3,6,10,14-16H2,1H3/t22-/m1/s1. The quantitative estimate of drug-likeness (QED) is 0.672. The van der Waals surface area contributed by atoms with Crippen LogP contribution in [-0.4, -0.2) is 67.7 Å². The van der Waals surface area contributed by atoms with E-state index >= 15 is 0 Å². The molecule has 30 heavy (non-hydrogen) atoms. The van der Waals surface area contributed by atoms with Gasteiger partial charge in [-0.25, -0.2) is 9.97 Å². The maximum Gasteiger partial charge on any atom is 0.253 e. The second-order valence-corrected chi connectivity index (χ2v) is 7.91. The monoisotopic (exact) mass is 406 g/mol. The van der Waals surface area contributed by atoms with Crippen LogP contribution in [0.1, 0.15) is 28.8 Å². The van der Waals surface area contributed by atoms with E-state index in [1.54, 1.807) is 43.1 Å². The van der Waals surface area contributed by atoms with Crippen molar-refractivity contribution in [2.45, 2.75) is 25.0 Å². The molecule has 1 N–H and O–H groups in total. The van der Waals surface area contributed by atoms with Crippen LogP contribution in [0, 0.1) is 0 Å². The molecule has 1 atom stereocenters. The van der Waals surface area contributed by atoms with Gasteiger partial charge < -0.3 is 19.5 Å². The summed E-state index contributed by atoms with van der Waals surface area (Å²) in [7, 11) is 1.74. The second kappa shape index (κ2) is 8.62. The normalized spacial score (nSPS) is 18.9. The van der Waals surface area contributed by atoms with Crippen LogP contribution < -0.4 is 4.90 Å². The lowest BCUT2D eigenvalue weighted by molar-refractivity contribution is -0.000146. The van der Waals surface area contributed by atoms with Crippen LogP contribution in [-0.2, 0) is 6.54 Å². The van der Waals surface area contributed by atoms with Crippen molar-refractivity contribution >= 4 is 11.7 Å². The van der Waals surface area contributed by atoms with Gasteiger partial charge in [-0.05, 0) is 30.5 Å². The summed E-state index contributed by atoms with van der Waals surface area (Å²) in [5.74, 6) is 0.643. The highest BCUT2D eigenvalue weighted by Gasteiger charge is 2.36. The molecule has 0 radical (unpaired) electrons. The van der Waals surface area contributed by atoms with Gasteiger partial charge in [0.25, 0.3) is 5.91 Å². The van der Waals surface area contributed by atoms with Gasteiger partial charge in [0.15, 0.2) is 0 Å². The number of hydrogen-bond donors (Lipinski definition) is 1. The summed E-state index contributed by atoms with van der Waals surface area (Å²) in [6, 6.07) is 7.59. The number of carbonyl (C=O) groups is 1. The maximum absolute atomic E-state index is 13.0. The van der Waals surface area contributed by atoms with Crippen molar-refractivity contribution in [2.24, 2.45) is 0 Å². The number of carbonyl (C=O) groups excluding carboxylic acids is 1. The number of nitrogens with zero attached hydrogens (tertiary/aromatic N) is 6. The Hall–Kier alpha value is -3.26. The Labute approximate surface area is 175 Å². The van der Waals surface area contributed by atoms with Crippen molar-refractivity contribution in [1.29, 1.82) is 0 Å². The molecule has 1 saturated heterocycles. The first-order valence-corrected chi connectivity index (χ1v) is 10.1. The molecule has 156 valence electrons. The molecule has 0 saturated carbocycles. The van der Waals surface area contributed by atoms with Gasteiger partial charge in [0.05, 0.1) is 24.7 Å². The first-order chi connectivity index (χ1) is 14.5. The molecule has 0 spiro atoms. The highest BCUT2D eigenvalue weighted by molar-refractivity contribution is 5.94. The highest BCUT2D eigenvalue weighted by atomic mass is 16.3. The van der Waals surface area contributed by atoms with Gasteiger partial charge in [0.2, 0.25) is 0 Å². The lowest BCUT2D eigenvalue weighted by atomic mass is 9.92. The molecular weight excluding hydrogens is 380 g/mol. The largest absolute Gasteiger partial charge is 0.386 e. The predicted octanol–water partition coefficient (Wildman–Crippen LogP) is 1.82. The summed E-state index contributed by atoms with van der Waals surface area (Å²) >= 11 is 0. The molecule has 1 aliphatic rings. The van der Waals surface area contributed by atoms with E-state index in [0.29, 0.717) is 25.1 Å². The molecule has 1 fully saturated rings. The third kappa shape index (κ3) is 4.65. The number of aliphatic hydroxyl groups is 1. The molecule has 4 rings (SSSR count). The number of benzene rings is 1. The van der Waals surface area contributed by atoms with Gasteiger partial charge in [-0.2, -0.15) is 0 Å². The average molecular weight is 406 g/mol. The Morgan fingerprint density at radius 2 is 2.17 bits per heavy atom. The van der Waals surface area contributed by atoms with Crippen LogP contribution in [0.25, 0.3) is 0 Å². The van der Waals surface area contributed by atoms with Crippen LogP contribution >= 0.6 is 0 Å². The minimum atomic E-state index is -0.991. The third-order valence-electron chi connectivity index (χ3n) is 5.41. The number of amides is 1. The van der Waals surface area contributed by atoms with Gasteiger partial charge in [-0.3, -0.25) is 9.78 Å². The van der Waals surface area contributed by atoms with E-state index in [2.05, 4.69) is 15.0 Å². The van der Waals surface area contributed by atoms with E-state index in [4.69, 9.17) is 0 Å². The molecule has 3 aromatic rings. The number of hydrogen-bond acceptors (Lipinski definition) is 6. The van der Waals surface area contributed by atoms with E-state index in [1.165, 1.54) is 0 Å². The topological polar surface area (TPSA) is 87.4 Å². The molecule has 2 aromatic heterocycles. The summed E-state index contributed by atoms with van der Waals surface area (Å²) in [4.78, 5) is 29.2. The molecule has 1 aliphatic heterocycles. The number of β-amino-alcohol motifs (C(OH)–C–C–N with tert-alkyl or cyclic N) is 1. The lowest BCUT2D eigenvalue weighted by Gasteiger charge is -2.41. The number of aromatic nitrogens is 4. The molecule has 1 aromatic carbocycles. The zero-order chi connectivity index (χ0) is 21.0. The lowest BCUT2D eigenvalue weighted by Crippen LogP contribution is -2.54. The molecule has 1 amide bonds. The van der Waals surface area contributed by atoms with Gasteiger partial charge in [-0.1, -0.05) is 12.1 Å². The van der Waals surface area contributed by atoms with E-state index in [0.717, 1.165) is 24.3 Å². The minimum absolute atomic E-state index is 0.104. The zero-order valence-electron chi connectivity index (χ0n) is 17.1. The van der Waals surface area contributed by atoms with Crippen molar-refractivity contribution in [3.05, 3.63) is 72.7 Å². The van der Waals surface area contributed by atoms with Crippen molar-refractivity contribution in [3.8, 4) is 0 Å². The number of imidazole rings is 1. The first-order valence-electron chi connectivity index (χ1n) is 10.1. The van der Waals surface area contributed by atoms with Crippen LogP contribution in [0.4, 0.5) is 5.82 Å². The van der Waals surface area contributed by atoms with E-state index in [9.17, 15) is 9.90 Å². The van der Waals surface area contributed by atoms with Crippen molar-refractivity contribution < 1.29 is 9.90 Å². The second-order valence-electron chi connectivity index (χ2n) is 7.91. The van der Waals surface area contributed by atoms with E-state index in [1.807, 2.05) is 39.9 Å². The summed E-state index contributed by atoms with van der Waals surface area (Å²) in [6.07, 6.45) is 11.8. The highest BCUT2D eigenvalue weighted by Crippen LogP contribution is 2.25. The van der Waals surface area contributed by atoms with Gasteiger partial charge in [-0.15, -0.1) is 0 Å². The smallest absolute Gasteiger partial charge is 0.253 e. The minimum Gasteiger partial charge on any atom is -0.386 e. The van der Waals surface area contributed by atoms with Crippen LogP contribution in [0.2, 0.25) is 0 Å². The molecule has 0 unspecified atom stereocenters. The van der Waals surface area contributed by atoms with E-state index < -0.39 is 5.60 Å². The number of likely N-dealkylation sites (N-methyl/N-ethyl adjacent to an activating group) is 1. The summed E-state index contributed by atoms with van der Waals surface area (Å²) in [5.41, 5.74) is 0.645. The number of anilines is 1. The summed E-state index contributed by atoms with van der Waals surface area (Å²) in [6.45, 7) is 2.15. The number of rotatable bonds is 6. The van der Waals surface area contributed by atoms with Gasteiger partial charge in [0.1, 0.15) is 5.82 Å². The van der Waals surface area contributed by atoms with Crippen LogP contribution in [0.5, 0.6) is 0 Å². The Morgan fingerprint density at radius 3 is 2.93 bits per heavy atom. The Morgan fingerprint density at radius 1 is 1.27 bits per heavy atom. The molecule has 0 aliphatic carbocycles. The van der Waals surface area contributed by atoms with Crippen molar-refractivity contribution in [3.63, 3.8) is 0 Å². The van der Waals surface area contributed by atoms with Crippen molar-refractivity contribution in [2.75, 3.05) is 31.6 Å². The zero-order valence-corrected chi connectivity index (χ0v) is 17.1. The molecule has 8 nitrogen and oxygen atoms in total. The van der Waals surface area contributed by atoms with E-state index in [-0.39, 0.29) is 12.5 Å². The third-order valence-corrected chi connectivity index (χ3v) is 5.41. The fourth-order valence-electron chi connectivity index (χ4n) is 4.02. The fourth-order valence-corrected chi connectivity index (χ4v) is 4.02. The Balaban J connectivity index is 1.42. The summed E-state index contributed by atoms with van der Waals surface area (Å²) < 4.78 is 1.96. The fraction of sp³-hybridized carbons (Fsp3) is 0.364. The first kappa shape index (κ1) is 20.0. The average Bonchev–Trinajstić information content (AvgIpc) is 3.27. The molecule has 3 heterocycles. The van der Waals surface area contributed by atoms with Crippen LogP contribution in [0.3, 0.4) is 0 Å². The molecular formula is C22H26N6O2. The molecule has 0 bridgehead atoms. The summed E-state index contributed by atoms with van der Waals surface area (Å²) in [5, 5.41) is 11.2. The predicted molar refractivity (Wildman–Crippen MR) is 113 cm³/mol. The van der Waals surface area contributed by atoms with Gasteiger partial charge >= 0.3 is 0 Å². The Kier molecular flexibility index (Phi) is 5.76. The Bertz CT molecular complexity index is 978.